The number of unbranched alkanes of at least 4 members (excludes halogenated alkanes) is 35. The first kappa shape index (κ1) is 54.0. The van der Waals surface area contributed by atoms with Gasteiger partial charge in [-0.3, -0.25) is 14.1 Å². The summed E-state index contributed by atoms with van der Waals surface area (Å²) in [5.74, 6) is -0.863. The summed E-state index contributed by atoms with van der Waals surface area (Å²) in [5, 5.41) is 0. The first-order valence-corrected chi connectivity index (χ1v) is 25.4. The van der Waals surface area contributed by atoms with Crippen molar-refractivity contribution >= 4 is 19.8 Å². The molecule has 0 heterocycles. The molecule has 328 valence electrons. The average molecular weight is 803 g/mol. The maximum Gasteiger partial charge on any atom is 0.469 e. The number of hydrogen-bond acceptors (Lipinski definition) is 6. The van der Waals surface area contributed by atoms with Crippen molar-refractivity contribution in [3.05, 3.63) is 0 Å². The fraction of sp³-hybridized carbons (Fsp3) is 0.957. The van der Waals surface area contributed by atoms with Crippen LogP contribution in [0.4, 0.5) is 0 Å². The van der Waals surface area contributed by atoms with Gasteiger partial charge in [0.1, 0.15) is 6.61 Å². The zero-order valence-electron chi connectivity index (χ0n) is 36.4. The largest absolute Gasteiger partial charge is 0.469 e. The Bertz CT molecular complexity index is 863. The van der Waals surface area contributed by atoms with Gasteiger partial charge in [-0.25, -0.2) is 4.57 Å². The van der Waals surface area contributed by atoms with Crippen LogP contribution in [-0.4, -0.2) is 41.0 Å². The summed E-state index contributed by atoms with van der Waals surface area (Å²) in [4.78, 5) is 43.0. The Morgan fingerprint density at radius 2 is 0.655 bits per heavy atom. The molecule has 0 aromatic rings. The van der Waals surface area contributed by atoms with Gasteiger partial charge in [-0.05, 0) is 12.8 Å². The highest BCUT2D eigenvalue weighted by Gasteiger charge is 2.23. The second-order valence-corrected chi connectivity index (χ2v) is 17.7. The second-order valence-electron chi connectivity index (χ2n) is 16.5. The van der Waals surface area contributed by atoms with Crippen LogP contribution < -0.4 is 0 Å². The average Bonchev–Trinajstić information content (AvgIpc) is 3.16. The Morgan fingerprint density at radius 1 is 0.400 bits per heavy atom. The molecule has 1 atom stereocenters. The molecule has 0 aromatic carbocycles. The van der Waals surface area contributed by atoms with Crippen molar-refractivity contribution in [3.63, 3.8) is 0 Å². The number of carbonyl (C=O) groups excluding carboxylic acids is 2. The number of carbonyl (C=O) groups is 2. The Balaban J connectivity index is 3.79. The second kappa shape index (κ2) is 42.7. The molecule has 9 heteroatoms. The number of phosphoric ester groups is 1. The highest BCUT2D eigenvalue weighted by molar-refractivity contribution is 7.46. The normalized spacial score (nSPS) is 12.3. The van der Waals surface area contributed by atoms with E-state index in [0.29, 0.717) is 6.42 Å². The fourth-order valence-electron chi connectivity index (χ4n) is 7.32. The molecule has 0 aliphatic carbocycles. The van der Waals surface area contributed by atoms with E-state index in [4.69, 9.17) is 19.3 Å². The Kier molecular flexibility index (Phi) is 41.9. The SMILES string of the molecule is CCCCCCCCCCCCCCCCCCCCCCC(=O)OC(COC(=O)CCCCCCCCCCCCCCCCCCC)COP(=O)(O)O. The number of phosphoric acid groups is 1. The van der Waals surface area contributed by atoms with Crippen LogP contribution in [0.5, 0.6) is 0 Å². The fourth-order valence-corrected chi connectivity index (χ4v) is 7.68. The van der Waals surface area contributed by atoms with Crippen LogP contribution >= 0.6 is 7.82 Å². The minimum Gasteiger partial charge on any atom is -0.462 e. The molecule has 55 heavy (non-hydrogen) atoms. The van der Waals surface area contributed by atoms with E-state index in [1.54, 1.807) is 0 Å². The van der Waals surface area contributed by atoms with E-state index in [2.05, 4.69) is 18.4 Å². The van der Waals surface area contributed by atoms with Crippen molar-refractivity contribution in [2.24, 2.45) is 0 Å². The third kappa shape index (κ3) is 45.6. The van der Waals surface area contributed by atoms with Crippen molar-refractivity contribution in [2.75, 3.05) is 13.2 Å². The summed E-state index contributed by atoms with van der Waals surface area (Å²) in [6.07, 6.45) is 46.9. The lowest BCUT2D eigenvalue weighted by Gasteiger charge is -2.18. The maximum atomic E-state index is 12.4. The summed E-state index contributed by atoms with van der Waals surface area (Å²) >= 11 is 0. The predicted octanol–water partition coefficient (Wildman–Crippen LogP) is 14.8. The molecule has 0 aromatic heterocycles. The molecule has 2 N–H and O–H groups in total. The number of rotatable bonds is 45. The van der Waals surface area contributed by atoms with E-state index >= 15 is 0 Å². The van der Waals surface area contributed by atoms with Crippen molar-refractivity contribution in [3.8, 4) is 0 Å². The van der Waals surface area contributed by atoms with Gasteiger partial charge in [0.05, 0.1) is 6.61 Å². The molecule has 0 aliphatic heterocycles. The summed E-state index contributed by atoms with van der Waals surface area (Å²) in [7, 11) is -4.75. The van der Waals surface area contributed by atoms with Gasteiger partial charge in [0.2, 0.25) is 0 Å². The standard InChI is InChI=1S/C46H91O8P/c1-3-5-7-9-11-13-15-17-19-21-22-23-25-27-29-31-33-35-37-39-41-46(48)54-44(43-53-55(49,50)51)42-52-45(47)40-38-36-34-32-30-28-26-24-20-18-16-14-12-10-8-6-4-2/h44H,3-43H2,1-2H3,(H2,49,50,51). The zero-order valence-corrected chi connectivity index (χ0v) is 37.3. The first-order valence-electron chi connectivity index (χ1n) is 23.8. The van der Waals surface area contributed by atoms with Gasteiger partial charge in [-0.2, -0.15) is 0 Å². The van der Waals surface area contributed by atoms with Gasteiger partial charge in [-0.1, -0.05) is 239 Å². The van der Waals surface area contributed by atoms with Gasteiger partial charge in [0, 0.05) is 12.8 Å². The van der Waals surface area contributed by atoms with Crippen LogP contribution in [0, 0.1) is 0 Å². The third-order valence-corrected chi connectivity index (χ3v) is 11.4. The van der Waals surface area contributed by atoms with Crippen LogP contribution in [-0.2, 0) is 28.2 Å². The van der Waals surface area contributed by atoms with Crippen LogP contribution in [0.15, 0.2) is 0 Å². The lowest BCUT2D eigenvalue weighted by Crippen LogP contribution is -2.29. The minimum atomic E-state index is -4.75. The predicted molar refractivity (Wildman–Crippen MR) is 230 cm³/mol. The van der Waals surface area contributed by atoms with E-state index in [1.807, 2.05) is 0 Å². The zero-order chi connectivity index (χ0) is 40.3. The van der Waals surface area contributed by atoms with Crippen molar-refractivity contribution in [2.45, 2.75) is 270 Å². The smallest absolute Gasteiger partial charge is 0.462 e. The quantitative estimate of drug-likeness (QED) is 0.0355. The van der Waals surface area contributed by atoms with Gasteiger partial charge in [0.15, 0.2) is 6.10 Å². The van der Waals surface area contributed by atoms with Crippen LogP contribution in [0.3, 0.4) is 0 Å². The first-order chi connectivity index (χ1) is 26.8. The van der Waals surface area contributed by atoms with Crippen molar-refractivity contribution in [1.82, 2.24) is 0 Å². The molecule has 0 aliphatic rings. The van der Waals surface area contributed by atoms with Gasteiger partial charge >= 0.3 is 19.8 Å². The summed E-state index contributed by atoms with van der Waals surface area (Å²) < 4.78 is 26.5. The van der Waals surface area contributed by atoms with Crippen molar-refractivity contribution in [1.29, 1.82) is 0 Å². The molecule has 1 unspecified atom stereocenters. The Hall–Kier alpha value is -0.950. The van der Waals surface area contributed by atoms with Crippen LogP contribution in [0.2, 0.25) is 0 Å². The number of hydrogen-bond donors (Lipinski definition) is 2. The maximum absolute atomic E-state index is 12.4. The summed E-state index contributed by atoms with van der Waals surface area (Å²) in [6, 6.07) is 0. The highest BCUT2D eigenvalue weighted by atomic mass is 31.2. The summed E-state index contributed by atoms with van der Waals surface area (Å²) in [6.45, 7) is 3.74. The van der Waals surface area contributed by atoms with E-state index in [9.17, 15) is 14.2 Å². The monoisotopic (exact) mass is 803 g/mol. The Morgan fingerprint density at radius 3 is 0.927 bits per heavy atom. The molecule has 0 radical (unpaired) electrons. The molecule has 0 bridgehead atoms. The number of esters is 2. The van der Waals surface area contributed by atoms with Crippen LogP contribution in [0.25, 0.3) is 0 Å². The topological polar surface area (TPSA) is 119 Å². The minimum absolute atomic E-state index is 0.221. The van der Waals surface area contributed by atoms with Crippen molar-refractivity contribution < 1.29 is 37.9 Å². The molecule has 0 saturated carbocycles. The molecule has 0 rings (SSSR count). The van der Waals surface area contributed by atoms with Gasteiger partial charge in [-0.15, -0.1) is 0 Å². The lowest BCUT2D eigenvalue weighted by atomic mass is 10.0. The summed E-state index contributed by atoms with van der Waals surface area (Å²) in [5.41, 5.74) is 0. The number of ether oxygens (including phenoxy) is 2. The lowest BCUT2D eigenvalue weighted by molar-refractivity contribution is -0.161. The van der Waals surface area contributed by atoms with E-state index in [-0.39, 0.29) is 19.4 Å². The molecule has 0 amide bonds. The van der Waals surface area contributed by atoms with Gasteiger partial charge < -0.3 is 19.3 Å². The molecule has 0 spiro atoms. The molecule has 8 nitrogen and oxygen atoms in total. The van der Waals surface area contributed by atoms with Crippen LogP contribution in [0.1, 0.15) is 264 Å². The molecule has 0 fully saturated rings. The van der Waals surface area contributed by atoms with E-state index in [0.717, 1.165) is 32.1 Å². The van der Waals surface area contributed by atoms with Gasteiger partial charge in [0.25, 0.3) is 0 Å². The van der Waals surface area contributed by atoms with E-state index < -0.39 is 32.5 Å². The molecular formula is C46H91O8P. The molecular weight excluding hydrogens is 711 g/mol. The van der Waals surface area contributed by atoms with E-state index in [1.165, 1.54) is 199 Å². The third-order valence-electron chi connectivity index (χ3n) is 10.9. The highest BCUT2D eigenvalue weighted by Crippen LogP contribution is 2.36. The Labute approximate surface area is 340 Å². The molecule has 0 saturated heterocycles.